The number of ether oxygens (including phenoxy) is 2. The first kappa shape index (κ1) is 18.1. The number of benzene rings is 1. The zero-order chi connectivity index (χ0) is 17.7. The number of rotatable bonds is 4. The molecule has 0 aliphatic carbocycles. The van der Waals surface area contributed by atoms with Gasteiger partial charge in [0.05, 0.1) is 11.4 Å². The maximum atomic E-state index is 12.4. The van der Waals surface area contributed by atoms with Gasteiger partial charge in [-0.2, -0.15) is 12.6 Å². The maximum absolute atomic E-state index is 12.4. The SMILES string of the molecule is CC(C)(C)OC(=O)n1cc(COC(=O)CS)nc1-c1ccccc1. The second-order valence-corrected chi connectivity index (χ2v) is 6.41. The van der Waals surface area contributed by atoms with E-state index in [1.165, 1.54) is 10.8 Å². The fourth-order valence-corrected chi connectivity index (χ4v) is 2.03. The number of aromatic nitrogens is 2. The molecule has 0 N–H and O–H groups in total. The molecule has 0 unspecified atom stereocenters. The van der Waals surface area contributed by atoms with E-state index in [1.54, 1.807) is 20.8 Å². The van der Waals surface area contributed by atoms with Crippen LogP contribution in [0.25, 0.3) is 11.4 Å². The van der Waals surface area contributed by atoms with Crippen LogP contribution < -0.4 is 0 Å². The predicted octanol–water partition coefficient (Wildman–Crippen LogP) is 3.31. The minimum atomic E-state index is -0.631. The summed E-state index contributed by atoms with van der Waals surface area (Å²) in [6.45, 7) is 5.34. The second-order valence-electron chi connectivity index (χ2n) is 6.09. The zero-order valence-corrected chi connectivity index (χ0v) is 14.7. The summed E-state index contributed by atoms with van der Waals surface area (Å²) in [6, 6.07) is 9.26. The molecule has 0 atom stereocenters. The Morgan fingerprint density at radius 1 is 1.21 bits per heavy atom. The maximum Gasteiger partial charge on any atom is 0.420 e. The van der Waals surface area contributed by atoms with Crippen molar-refractivity contribution in [2.45, 2.75) is 33.0 Å². The normalized spacial score (nSPS) is 11.2. The Bertz CT molecular complexity index is 720. The lowest BCUT2D eigenvalue weighted by Gasteiger charge is -2.20. The molecule has 0 bridgehead atoms. The van der Waals surface area contributed by atoms with Crippen LogP contribution in [0.5, 0.6) is 0 Å². The van der Waals surface area contributed by atoms with Crippen molar-refractivity contribution in [2.75, 3.05) is 5.75 Å². The molecule has 6 nitrogen and oxygen atoms in total. The fraction of sp³-hybridized carbons (Fsp3) is 0.353. The molecule has 1 aromatic heterocycles. The Hall–Kier alpha value is -2.28. The number of nitrogens with zero attached hydrogens (tertiary/aromatic N) is 2. The molecular formula is C17H20N2O4S. The summed E-state index contributed by atoms with van der Waals surface area (Å²) >= 11 is 3.85. The molecule has 0 spiro atoms. The lowest BCUT2D eigenvalue weighted by Crippen LogP contribution is -2.27. The smallest absolute Gasteiger partial charge is 0.420 e. The van der Waals surface area contributed by atoms with Crippen LogP contribution in [0.4, 0.5) is 4.79 Å². The summed E-state index contributed by atoms with van der Waals surface area (Å²) in [5.41, 5.74) is 0.582. The van der Waals surface area contributed by atoms with Crippen LogP contribution in [0.1, 0.15) is 26.5 Å². The molecule has 24 heavy (non-hydrogen) atoms. The Labute approximate surface area is 146 Å². The van der Waals surface area contributed by atoms with Gasteiger partial charge in [0.25, 0.3) is 0 Å². The minimum Gasteiger partial charge on any atom is -0.458 e. The van der Waals surface area contributed by atoms with E-state index in [1.807, 2.05) is 30.3 Å². The molecule has 0 fully saturated rings. The van der Waals surface area contributed by atoms with E-state index in [9.17, 15) is 9.59 Å². The van der Waals surface area contributed by atoms with E-state index < -0.39 is 17.7 Å². The van der Waals surface area contributed by atoms with Crippen molar-refractivity contribution >= 4 is 24.7 Å². The van der Waals surface area contributed by atoms with E-state index in [-0.39, 0.29) is 12.4 Å². The number of esters is 1. The second kappa shape index (κ2) is 7.53. The molecule has 7 heteroatoms. The first-order valence-corrected chi connectivity index (χ1v) is 8.07. The van der Waals surface area contributed by atoms with Crippen LogP contribution in [0.2, 0.25) is 0 Å². The fourth-order valence-electron chi connectivity index (χ4n) is 1.94. The highest BCUT2D eigenvalue weighted by Gasteiger charge is 2.22. The standard InChI is InChI=1S/C17H20N2O4S/c1-17(2,3)23-16(21)19-9-13(10-22-14(20)11-24)18-15(19)12-7-5-4-6-8-12/h4-9,24H,10-11H2,1-3H3. The summed E-state index contributed by atoms with van der Waals surface area (Å²) in [4.78, 5) is 28.1. The first-order chi connectivity index (χ1) is 11.3. The van der Waals surface area contributed by atoms with Gasteiger partial charge in [-0.05, 0) is 20.8 Å². The molecule has 128 valence electrons. The Kier molecular flexibility index (Phi) is 5.66. The van der Waals surface area contributed by atoms with E-state index in [0.29, 0.717) is 11.5 Å². The van der Waals surface area contributed by atoms with Crippen molar-refractivity contribution in [2.24, 2.45) is 0 Å². The third-order valence-electron chi connectivity index (χ3n) is 2.89. The van der Waals surface area contributed by atoms with Gasteiger partial charge in [-0.15, -0.1) is 0 Å². The molecule has 2 rings (SSSR count). The highest BCUT2D eigenvalue weighted by Crippen LogP contribution is 2.21. The van der Waals surface area contributed by atoms with Gasteiger partial charge in [-0.1, -0.05) is 30.3 Å². The van der Waals surface area contributed by atoms with E-state index in [4.69, 9.17) is 9.47 Å². The van der Waals surface area contributed by atoms with Crippen molar-refractivity contribution in [3.63, 3.8) is 0 Å². The van der Waals surface area contributed by atoms with Gasteiger partial charge >= 0.3 is 12.1 Å². The van der Waals surface area contributed by atoms with Crippen LogP contribution >= 0.6 is 12.6 Å². The molecule has 0 saturated heterocycles. The lowest BCUT2D eigenvalue weighted by atomic mass is 10.2. The summed E-state index contributed by atoms with van der Waals surface area (Å²) in [5.74, 6) is -0.0358. The number of carbonyl (C=O) groups excluding carboxylic acids is 2. The number of carbonyl (C=O) groups is 2. The van der Waals surface area contributed by atoms with Crippen LogP contribution in [-0.4, -0.2) is 33.0 Å². The highest BCUT2D eigenvalue weighted by atomic mass is 32.1. The van der Waals surface area contributed by atoms with Crippen molar-refractivity contribution in [1.82, 2.24) is 9.55 Å². The Balaban J connectivity index is 2.34. The largest absolute Gasteiger partial charge is 0.458 e. The van der Waals surface area contributed by atoms with Gasteiger partial charge in [0.2, 0.25) is 0 Å². The van der Waals surface area contributed by atoms with Gasteiger partial charge in [-0.25, -0.2) is 14.3 Å². The summed E-state index contributed by atoms with van der Waals surface area (Å²) in [6.07, 6.45) is 0.975. The van der Waals surface area contributed by atoms with Crippen molar-refractivity contribution in [3.8, 4) is 11.4 Å². The van der Waals surface area contributed by atoms with Gasteiger partial charge in [-0.3, -0.25) is 4.79 Å². The van der Waals surface area contributed by atoms with Crippen LogP contribution in [0, 0.1) is 0 Å². The summed E-state index contributed by atoms with van der Waals surface area (Å²) in [7, 11) is 0. The van der Waals surface area contributed by atoms with Gasteiger partial charge in [0.1, 0.15) is 18.0 Å². The summed E-state index contributed by atoms with van der Waals surface area (Å²) < 4.78 is 11.8. The van der Waals surface area contributed by atoms with Crippen LogP contribution in [0.3, 0.4) is 0 Å². The number of imidazole rings is 1. The third-order valence-corrected chi connectivity index (χ3v) is 3.15. The predicted molar refractivity (Wildman–Crippen MR) is 92.9 cm³/mol. The molecule has 0 amide bonds. The van der Waals surface area contributed by atoms with Gasteiger partial charge in [0.15, 0.2) is 0 Å². The van der Waals surface area contributed by atoms with Gasteiger partial charge < -0.3 is 9.47 Å². The zero-order valence-electron chi connectivity index (χ0n) is 13.9. The van der Waals surface area contributed by atoms with Crippen molar-refractivity contribution in [3.05, 3.63) is 42.2 Å². The van der Waals surface area contributed by atoms with Crippen LogP contribution in [-0.2, 0) is 20.9 Å². The highest BCUT2D eigenvalue weighted by molar-refractivity contribution is 7.81. The average molecular weight is 348 g/mol. The molecule has 0 radical (unpaired) electrons. The lowest BCUT2D eigenvalue weighted by molar-refractivity contribution is -0.141. The summed E-state index contributed by atoms with van der Waals surface area (Å²) in [5, 5.41) is 0. The third kappa shape index (κ3) is 4.86. The molecule has 1 heterocycles. The van der Waals surface area contributed by atoms with Crippen molar-refractivity contribution in [1.29, 1.82) is 0 Å². The van der Waals surface area contributed by atoms with E-state index in [2.05, 4.69) is 17.6 Å². The average Bonchev–Trinajstić information content (AvgIpc) is 2.96. The van der Waals surface area contributed by atoms with Crippen molar-refractivity contribution < 1.29 is 19.1 Å². The molecule has 2 aromatic rings. The molecule has 0 saturated carbocycles. The van der Waals surface area contributed by atoms with Gasteiger partial charge in [0, 0.05) is 11.8 Å². The Morgan fingerprint density at radius 3 is 2.46 bits per heavy atom. The minimum absolute atomic E-state index is 0.0156. The molecule has 0 aliphatic heterocycles. The monoisotopic (exact) mass is 348 g/mol. The number of hydrogen-bond donors (Lipinski definition) is 1. The quantitative estimate of drug-likeness (QED) is 0.678. The first-order valence-electron chi connectivity index (χ1n) is 7.43. The molecular weight excluding hydrogens is 328 g/mol. The molecule has 0 aliphatic rings. The molecule has 1 aromatic carbocycles. The topological polar surface area (TPSA) is 70.4 Å². The number of hydrogen-bond acceptors (Lipinski definition) is 6. The van der Waals surface area contributed by atoms with E-state index >= 15 is 0 Å². The number of thiol groups is 1. The van der Waals surface area contributed by atoms with Crippen LogP contribution in [0.15, 0.2) is 36.5 Å². The van der Waals surface area contributed by atoms with E-state index in [0.717, 1.165) is 5.56 Å². The Morgan fingerprint density at radius 2 is 1.88 bits per heavy atom.